The van der Waals surface area contributed by atoms with Gasteiger partial charge in [-0.3, -0.25) is 4.79 Å². The maximum absolute atomic E-state index is 11.8. The highest BCUT2D eigenvalue weighted by Crippen LogP contribution is 2.15. The van der Waals surface area contributed by atoms with E-state index in [-0.39, 0.29) is 12.3 Å². The van der Waals surface area contributed by atoms with Crippen LogP contribution in [0.3, 0.4) is 0 Å². The van der Waals surface area contributed by atoms with E-state index in [9.17, 15) is 4.79 Å². The summed E-state index contributed by atoms with van der Waals surface area (Å²) in [6, 6.07) is 10.7. The van der Waals surface area contributed by atoms with Crippen molar-refractivity contribution in [2.24, 2.45) is 5.73 Å². The highest BCUT2D eigenvalue weighted by Gasteiger charge is 2.12. The van der Waals surface area contributed by atoms with Crippen LogP contribution < -0.4 is 11.1 Å². The van der Waals surface area contributed by atoms with Gasteiger partial charge in [0.05, 0.1) is 6.04 Å². The second-order valence-electron chi connectivity index (χ2n) is 4.14. The molecule has 1 amide bonds. The van der Waals surface area contributed by atoms with Gasteiger partial charge in [-0.25, -0.2) is 0 Å². The van der Waals surface area contributed by atoms with Crippen molar-refractivity contribution in [1.82, 2.24) is 4.57 Å². The first-order chi connectivity index (χ1) is 9.20. The van der Waals surface area contributed by atoms with Gasteiger partial charge in [-0.2, -0.15) is 0 Å². The Bertz CT molecular complexity index is 596. The summed E-state index contributed by atoms with van der Waals surface area (Å²) in [6.45, 7) is 0. The quantitative estimate of drug-likeness (QED) is 0.816. The van der Waals surface area contributed by atoms with Gasteiger partial charge in [-0.15, -0.1) is 12.3 Å². The zero-order valence-corrected chi connectivity index (χ0v) is 10.4. The molecule has 0 spiro atoms. The molecule has 1 aromatic heterocycles. The lowest BCUT2D eigenvalue weighted by atomic mass is 10.2. The van der Waals surface area contributed by atoms with Gasteiger partial charge in [0.25, 0.3) is 0 Å². The maximum Gasteiger partial charge on any atom is 0.242 e. The topological polar surface area (TPSA) is 60.1 Å². The summed E-state index contributed by atoms with van der Waals surface area (Å²) in [5, 5.41) is 2.76. The molecule has 0 bridgehead atoms. The molecule has 0 saturated carbocycles. The highest BCUT2D eigenvalue weighted by atomic mass is 16.2. The van der Waals surface area contributed by atoms with Crippen molar-refractivity contribution < 1.29 is 4.79 Å². The van der Waals surface area contributed by atoms with Crippen molar-refractivity contribution in [3.05, 3.63) is 48.8 Å². The first-order valence-electron chi connectivity index (χ1n) is 5.94. The molecule has 0 saturated heterocycles. The van der Waals surface area contributed by atoms with Crippen molar-refractivity contribution in [3.63, 3.8) is 0 Å². The Balaban J connectivity index is 2.12. The summed E-state index contributed by atoms with van der Waals surface area (Å²) in [7, 11) is 0. The average molecular weight is 253 g/mol. The third-order valence-electron chi connectivity index (χ3n) is 2.69. The predicted molar refractivity (Wildman–Crippen MR) is 75.8 cm³/mol. The second-order valence-corrected chi connectivity index (χ2v) is 4.14. The summed E-state index contributed by atoms with van der Waals surface area (Å²) < 4.78 is 1.96. The van der Waals surface area contributed by atoms with Gasteiger partial charge < -0.3 is 15.6 Å². The number of carbonyl (C=O) groups is 1. The van der Waals surface area contributed by atoms with Crippen LogP contribution in [-0.2, 0) is 4.79 Å². The molecule has 0 aliphatic rings. The van der Waals surface area contributed by atoms with Crippen molar-refractivity contribution in [1.29, 1.82) is 0 Å². The Morgan fingerprint density at radius 1 is 1.37 bits per heavy atom. The molecular weight excluding hydrogens is 238 g/mol. The van der Waals surface area contributed by atoms with Gasteiger partial charge in [0, 0.05) is 30.2 Å². The molecule has 0 radical (unpaired) electrons. The van der Waals surface area contributed by atoms with Gasteiger partial charge in [0.15, 0.2) is 0 Å². The van der Waals surface area contributed by atoms with Crippen molar-refractivity contribution in [2.75, 3.05) is 5.32 Å². The molecule has 1 heterocycles. The largest absolute Gasteiger partial charge is 0.325 e. The van der Waals surface area contributed by atoms with Crippen molar-refractivity contribution in [3.8, 4) is 18.0 Å². The van der Waals surface area contributed by atoms with Crippen LogP contribution in [0.1, 0.15) is 6.42 Å². The van der Waals surface area contributed by atoms with Gasteiger partial charge in [0.1, 0.15) is 0 Å². The van der Waals surface area contributed by atoms with Crippen LogP contribution in [0.25, 0.3) is 5.69 Å². The minimum atomic E-state index is -0.680. The Morgan fingerprint density at radius 2 is 2.11 bits per heavy atom. The molecule has 0 fully saturated rings. The second kappa shape index (κ2) is 5.89. The Kier molecular flexibility index (Phi) is 4.01. The summed E-state index contributed by atoms with van der Waals surface area (Å²) in [6.07, 6.45) is 9.23. The third-order valence-corrected chi connectivity index (χ3v) is 2.69. The highest BCUT2D eigenvalue weighted by molar-refractivity contribution is 5.95. The monoisotopic (exact) mass is 253 g/mol. The predicted octanol–water partition coefficient (Wildman–Crippen LogP) is 1.77. The lowest BCUT2D eigenvalue weighted by molar-refractivity contribution is -0.117. The van der Waals surface area contributed by atoms with E-state index in [1.807, 2.05) is 53.4 Å². The summed E-state index contributed by atoms with van der Waals surface area (Å²) in [4.78, 5) is 11.8. The molecule has 19 heavy (non-hydrogen) atoms. The first-order valence-corrected chi connectivity index (χ1v) is 5.94. The van der Waals surface area contributed by atoms with Crippen LogP contribution in [-0.4, -0.2) is 16.5 Å². The van der Waals surface area contributed by atoms with Gasteiger partial charge in [-0.05, 0) is 30.3 Å². The molecule has 1 atom stereocenters. The third kappa shape index (κ3) is 3.24. The lowest BCUT2D eigenvalue weighted by Gasteiger charge is -2.11. The SMILES string of the molecule is C#CCC(N)C(=O)Nc1cccc(-n2cccc2)c1. The number of benzene rings is 1. The van der Waals surface area contributed by atoms with E-state index in [2.05, 4.69) is 11.2 Å². The van der Waals surface area contributed by atoms with Crippen LogP contribution in [0.5, 0.6) is 0 Å². The molecule has 4 heteroatoms. The normalized spacial score (nSPS) is 11.6. The van der Waals surface area contributed by atoms with Gasteiger partial charge in [-0.1, -0.05) is 6.07 Å². The number of anilines is 1. The zero-order chi connectivity index (χ0) is 13.7. The van der Waals surface area contributed by atoms with E-state index in [1.54, 1.807) is 0 Å². The fourth-order valence-electron chi connectivity index (χ4n) is 1.71. The van der Waals surface area contributed by atoms with E-state index in [4.69, 9.17) is 12.2 Å². The van der Waals surface area contributed by atoms with Crippen LogP contribution in [0.2, 0.25) is 0 Å². The number of rotatable bonds is 4. The molecule has 1 aromatic carbocycles. The Morgan fingerprint density at radius 3 is 2.79 bits per heavy atom. The molecule has 96 valence electrons. The fourth-order valence-corrected chi connectivity index (χ4v) is 1.71. The van der Waals surface area contributed by atoms with Gasteiger partial charge in [0.2, 0.25) is 5.91 Å². The molecule has 2 rings (SSSR count). The smallest absolute Gasteiger partial charge is 0.242 e. The van der Waals surface area contributed by atoms with E-state index in [0.29, 0.717) is 5.69 Å². The number of amides is 1. The van der Waals surface area contributed by atoms with E-state index in [1.165, 1.54) is 0 Å². The number of aromatic nitrogens is 1. The Hall–Kier alpha value is -2.51. The van der Waals surface area contributed by atoms with E-state index in [0.717, 1.165) is 5.69 Å². The van der Waals surface area contributed by atoms with Crippen LogP contribution in [0.4, 0.5) is 5.69 Å². The lowest BCUT2D eigenvalue weighted by Crippen LogP contribution is -2.35. The summed E-state index contributed by atoms with van der Waals surface area (Å²) in [5.41, 5.74) is 7.31. The van der Waals surface area contributed by atoms with Crippen molar-refractivity contribution in [2.45, 2.75) is 12.5 Å². The zero-order valence-electron chi connectivity index (χ0n) is 10.4. The van der Waals surface area contributed by atoms with Crippen LogP contribution >= 0.6 is 0 Å². The summed E-state index contributed by atoms with van der Waals surface area (Å²) in [5.74, 6) is 2.10. The molecule has 0 aliphatic carbocycles. The molecule has 0 aliphatic heterocycles. The van der Waals surface area contributed by atoms with Crippen LogP contribution in [0.15, 0.2) is 48.8 Å². The standard InChI is InChI=1S/C15H15N3O/c1-2-6-14(16)15(19)17-12-7-5-8-13(11-12)18-9-3-4-10-18/h1,3-5,7-11,14H,6,16H2,(H,17,19). The van der Waals surface area contributed by atoms with E-state index < -0.39 is 6.04 Å². The average Bonchev–Trinajstić information content (AvgIpc) is 2.93. The number of carbonyl (C=O) groups excluding carboxylic acids is 1. The minimum absolute atomic E-state index is 0.225. The molecule has 3 N–H and O–H groups in total. The number of nitrogens with one attached hydrogen (secondary N) is 1. The molecular formula is C15H15N3O. The van der Waals surface area contributed by atoms with Crippen LogP contribution in [0, 0.1) is 12.3 Å². The number of hydrogen-bond acceptors (Lipinski definition) is 2. The molecule has 1 unspecified atom stereocenters. The Labute approximate surface area is 112 Å². The van der Waals surface area contributed by atoms with Crippen molar-refractivity contribution >= 4 is 11.6 Å². The number of hydrogen-bond donors (Lipinski definition) is 2. The number of nitrogens with zero attached hydrogens (tertiary/aromatic N) is 1. The number of nitrogens with two attached hydrogens (primary N) is 1. The summed E-state index contributed by atoms with van der Waals surface area (Å²) >= 11 is 0. The number of terminal acetylenes is 1. The fraction of sp³-hybridized carbons (Fsp3) is 0.133. The molecule has 4 nitrogen and oxygen atoms in total. The minimum Gasteiger partial charge on any atom is -0.325 e. The van der Waals surface area contributed by atoms with E-state index >= 15 is 0 Å². The van der Waals surface area contributed by atoms with Gasteiger partial charge >= 0.3 is 0 Å². The maximum atomic E-state index is 11.8. The first kappa shape index (κ1) is 12.9. The molecule has 2 aromatic rings.